The van der Waals surface area contributed by atoms with Crippen molar-refractivity contribution >= 4 is 16.1 Å². The Kier molecular flexibility index (Phi) is 8.52. The summed E-state index contributed by atoms with van der Waals surface area (Å²) in [6, 6.07) is 9.73. The number of hydrogen-bond acceptors (Lipinski definition) is 8. The van der Waals surface area contributed by atoms with Crippen LogP contribution in [0.25, 0.3) is 0 Å². The largest absolute Gasteiger partial charge is 0.573 e. The summed E-state index contributed by atoms with van der Waals surface area (Å²) in [4.78, 5) is 19.4. The smallest absolute Gasteiger partial charge is 0.460 e. The van der Waals surface area contributed by atoms with Crippen LogP contribution in [-0.2, 0) is 24.5 Å². The molecule has 1 saturated carbocycles. The molecule has 1 spiro atoms. The van der Waals surface area contributed by atoms with Crippen molar-refractivity contribution in [3.8, 4) is 11.5 Å². The monoisotopic (exact) mass is 625 g/mol. The first-order chi connectivity index (χ1) is 19.3. The number of halogens is 6. The molecule has 1 aliphatic carbocycles. The Labute approximate surface area is 238 Å². The number of benzene rings is 2. The second-order valence-electron chi connectivity index (χ2n) is 11.2. The van der Waals surface area contributed by atoms with Crippen LogP contribution in [0.5, 0.6) is 11.5 Å². The molecule has 4 rings (SSSR count). The average Bonchev–Trinajstić information content (AvgIpc) is 3.26. The lowest BCUT2D eigenvalue weighted by Crippen LogP contribution is -2.47. The highest BCUT2D eigenvalue weighted by atomic mass is 32.2. The van der Waals surface area contributed by atoms with Gasteiger partial charge in [-0.15, -0.1) is 13.2 Å². The van der Waals surface area contributed by atoms with Gasteiger partial charge in [0, 0.05) is 17.9 Å². The van der Waals surface area contributed by atoms with Gasteiger partial charge in [0.15, 0.2) is 0 Å². The van der Waals surface area contributed by atoms with E-state index in [2.05, 4.69) is 14.4 Å². The summed E-state index contributed by atoms with van der Waals surface area (Å²) in [5.41, 5.74) is -4.79. The first-order valence-corrected chi connectivity index (χ1v) is 14.3. The van der Waals surface area contributed by atoms with Gasteiger partial charge in [0.2, 0.25) is 0 Å². The van der Waals surface area contributed by atoms with Crippen LogP contribution in [0, 0.1) is 5.92 Å². The van der Waals surface area contributed by atoms with Crippen LogP contribution in [0.2, 0.25) is 0 Å². The predicted molar refractivity (Wildman–Crippen MR) is 135 cm³/mol. The number of rotatable bonds is 6. The molecule has 2 aromatic rings. The van der Waals surface area contributed by atoms with Gasteiger partial charge < -0.3 is 13.7 Å². The number of nitrogens with one attached hydrogen (secondary N) is 1. The standard InChI is InChI=1S/C27H29F6NO7S/c1-24(2,3)39-23(35)18-10-7-13-25(22(18)16-8-5-4-6-9-16)15-20(34-41-25)19-14-17(38-26(28,29)30)11-12-21(19)40-42(36,37)27(31,32)33/h4-6,8-9,11-12,14,18,20,22,34H,7,10,13,15H2,1-3H3/t18?,20-,22-,25-/m1/s1. The van der Waals surface area contributed by atoms with E-state index in [1.165, 1.54) is 0 Å². The third-order valence-corrected chi connectivity index (χ3v) is 7.95. The molecule has 1 N–H and O–H groups in total. The summed E-state index contributed by atoms with van der Waals surface area (Å²) in [6.45, 7) is 5.16. The van der Waals surface area contributed by atoms with Crippen LogP contribution in [0.3, 0.4) is 0 Å². The number of esters is 1. The van der Waals surface area contributed by atoms with Crippen molar-refractivity contribution in [1.29, 1.82) is 0 Å². The zero-order valence-electron chi connectivity index (χ0n) is 22.7. The normalized spacial score (nSPS) is 25.3. The summed E-state index contributed by atoms with van der Waals surface area (Å²) in [7, 11) is -6.17. The van der Waals surface area contributed by atoms with Gasteiger partial charge in [-0.2, -0.15) is 27.1 Å². The van der Waals surface area contributed by atoms with Gasteiger partial charge in [0.25, 0.3) is 0 Å². The van der Waals surface area contributed by atoms with E-state index >= 15 is 0 Å². The Morgan fingerprint density at radius 2 is 1.69 bits per heavy atom. The van der Waals surface area contributed by atoms with Crippen molar-refractivity contribution in [2.45, 2.75) is 81.5 Å². The third kappa shape index (κ3) is 7.11. The minimum Gasteiger partial charge on any atom is -0.460 e. The van der Waals surface area contributed by atoms with Crippen LogP contribution in [0.1, 0.15) is 69.5 Å². The molecule has 2 aliphatic rings. The lowest BCUT2D eigenvalue weighted by Gasteiger charge is -2.44. The third-order valence-electron chi connectivity index (χ3n) is 6.98. The predicted octanol–water partition coefficient (Wildman–Crippen LogP) is 6.44. The average molecular weight is 626 g/mol. The molecular weight excluding hydrogens is 596 g/mol. The number of hydroxylamine groups is 1. The SMILES string of the molecule is CC(C)(C)OC(=O)C1CCC[C@@]2(C[C@H](c3cc(OC(F)(F)F)ccc3OS(=O)(=O)C(F)(F)F)NO2)[C@@H]1c1ccccc1. The molecule has 15 heteroatoms. The van der Waals surface area contributed by atoms with E-state index in [-0.39, 0.29) is 12.0 Å². The number of alkyl halides is 6. The zero-order chi connectivity index (χ0) is 31.1. The molecule has 0 aromatic heterocycles. The molecule has 232 valence electrons. The maximum Gasteiger partial charge on any atom is 0.573 e. The van der Waals surface area contributed by atoms with Crippen molar-refractivity contribution in [3.63, 3.8) is 0 Å². The van der Waals surface area contributed by atoms with E-state index in [0.717, 1.165) is 6.07 Å². The van der Waals surface area contributed by atoms with E-state index in [0.29, 0.717) is 37.0 Å². The lowest BCUT2D eigenvalue weighted by atomic mass is 9.64. The molecule has 1 aliphatic heterocycles. The molecule has 4 atom stereocenters. The van der Waals surface area contributed by atoms with Crippen molar-refractivity contribution in [3.05, 3.63) is 59.7 Å². The van der Waals surface area contributed by atoms with Gasteiger partial charge in [-0.1, -0.05) is 30.3 Å². The molecule has 0 radical (unpaired) electrons. The second-order valence-corrected chi connectivity index (χ2v) is 12.7. The topological polar surface area (TPSA) is 100 Å². The number of carbonyl (C=O) groups excluding carboxylic acids is 1. The maximum absolute atomic E-state index is 13.4. The molecule has 1 saturated heterocycles. The van der Waals surface area contributed by atoms with Gasteiger partial charge in [-0.05, 0) is 63.8 Å². The molecule has 0 amide bonds. The summed E-state index contributed by atoms with van der Waals surface area (Å²) < 4.78 is 116. The maximum atomic E-state index is 13.4. The highest BCUT2D eigenvalue weighted by molar-refractivity contribution is 7.88. The van der Waals surface area contributed by atoms with E-state index in [1.807, 2.05) is 0 Å². The van der Waals surface area contributed by atoms with E-state index in [4.69, 9.17) is 9.57 Å². The molecule has 1 heterocycles. The van der Waals surface area contributed by atoms with E-state index in [1.54, 1.807) is 51.1 Å². The first-order valence-electron chi connectivity index (χ1n) is 12.9. The van der Waals surface area contributed by atoms with Crippen LogP contribution in [0.15, 0.2) is 48.5 Å². The summed E-state index contributed by atoms with van der Waals surface area (Å²) in [5.74, 6) is -3.48. The fourth-order valence-corrected chi connectivity index (χ4v) is 5.99. The number of ether oxygens (including phenoxy) is 2. The molecule has 2 fully saturated rings. The minimum absolute atomic E-state index is 0.0657. The van der Waals surface area contributed by atoms with Crippen LogP contribution >= 0.6 is 0 Å². The lowest BCUT2D eigenvalue weighted by molar-refractivity contribution is -0.274. The van der Waals surface area contributed by atoms with Crippen LogP contribution in [-0.4, -0.2) is 37.5 Å². The van der Waals surface area contributed by atoms with Gasteiger partial charge in [0.05, 0.1) is 17.6 Å². The Hall–Kier alpha value is -3.04. The fourth-order valence-electron chi connectivity index (χ4n) is 5.51. The van der Waals surface area contributed by atoms with Crippen molar-refractivity contribution in [2.24, 2.45) is 5.92 Å². The molecule has 42 heavy (non-hydrogen) atoms. The Morgan fingerprint density at radius 3 is 2.29 bits per heavy atom. The summed E-state index contributed by atoms with van der Waals surface area (Å²) in [5, 5.41) is 0. The Morgan fingerprint density at radius 1 is 1.02 bits per heavy atom. The quantitative estimate of drug-likeness (QED) is 0.169. The molecule has 0 bridgehead atoms. The van der Waals surface area contributed by atoms with E-state index in [9.17, 15) is 39.6 Å². The second kappa shape index (κ2) is 11.2. The van der Waals surface area contributed by atoms with Gasteiger partial charge in [-0.25, -0.2) is 0 Å². The highest BCUT2D eigenvalue weighted by Crippen LogP contribution is 2.54. The minimum atomic E-state index is -6.17. The fraction of sp³-hybridized carbons (Fsp3) is 0.519. The Balaban J connectivity index is 1.76. The summed E-state index contributed by atoms with van der Waals surface area (Å²) >= 11 is 0. The van der Waals surface area contributed by atoms with Gasteiger partial charge in [-0.3, -0.25) is 9.63 Å². The number of hydrogen-bond donors (Lipinski definition) is 1. The summed E-state index contributed by atoms with van der Waals surface area (Å²) in [6.07, 6.45) is -3.90. The van der Waals surface area contributed by atoms with Crippen molar-refractivity contribution in [1.82, 2.24) is 5.48 Å². The van der Waals surface area contributed by atoms with Gasteiger partial charge in [0.1, 0.15) is 17.1 Å². The van der Waals surface area contributed by atoms with E-state index < -0.39 is 68.5 Å². The zero-order valence-corrected chi connectivity index (χ0v) is 23.5. The molecule has 2 aromatic carbocycles. The first kappa shape index (κ1) is 31.9. The van der Waals surface area contributed by atoms with Crippen LogP contribution < -0.4 is 14.4 Å². The van der Waals surface area contributed by atoms with Crippen molar-refractivity contribution < 1.29 is 58.0 Å². The van der Waals surface area contributed by atoms with Crippen LogP contribution in [0.4, 0.5) is 26.3 Å². The van der Waals surface area contributed by atoms with Gasteiger partial charge >= 0.3 is 28.0 Å². The molecule has 8 nitrogen and oxygen atoms in total. The molecular formula is C27H29F6NO7S. The highest BCUT2D eigenvalue weighted by Gasteiger charge is 2.56. The Bertz CT molecular complexity index is 1390. The number of carbonyl (C=O) groups is 1. The molecule has 1 unspecified atom stereocenters. The van der Waals surface area contributed by atoms with Crippen molar-refractivity contribution in [2.75, 3.05) is 0 Å².